The third-order valence-corrected chi connectivity index (χ3v) is 11.2. The van der Waals surface area contributed by atoms with Crippen molar-refractivity contribution in [2.45, 2.75) is 49.4 Å². The normalized spacial score (nSPS) is 19.0. The number of benzene rings is 4. The number of primary amides is 2. The highest BCUT2D eigenvalue weighted by atomic mass is 16.2. The first-order valence-corrected chi connectivity index (χ1v) is 17.7. The summed E-state index contributed by atoms with van der Waals surface area (Å²) in [6.45, 7) is 5.78. The van der Waals surface area contributed by atoms with Gasteiger partial charge in [0.05, 0.1) is 0 Å². The summed E-state index contributed by atoms with van der Waals surface area (Å²) in [6.07, 6.45) is 6.53. The number of unbranched alkanes of at least 4 members (excludes halogenated alkanes) is 3. The van der Waals surface area contributed by atoms with Crippen LogP contribution in [0.5, 0.6) is 0 Å². The predicted molar refractivity (Wildman–Crippen MR) is 193 cm³/mol. The maximum absolute atomic E-state index is 13.4. The Kier molecular flexibility index (Phi) is 10.7. The number of hydrogen-bond acceptors (Lipinski definition) is 4. The summed E-state index contributed by atoms with van der Waals surface area (Å²) in [6, 6.07) is 40.5. The van der Waals surface area contributed by atoms with Gasteiger partial charge in [0.15, 0.2) is 0 Å². The van der Waals surface area contributed by atoms with Crippen LogP contribution in [0.4, 0.5) is 0 Å². The second-order valence-electron chi connectivity index (χ2n) is 13.8. The summed E-state index contributed by atoms with van der Waals surface area (Å²) in [5.41, 5.74) is 14.9. The van der Waals surface area contributed by atoms with Gasteiger partial charge in [-0.05, 0) is 86.0 Å². The van der Waals surface area contributed by atoms with E-state index in [1.165, 1.54) is 12.8 Å². The third-order valence-electron chi connectivity index (χ3n) is 11.2. The zero-order chi connectivity index (χ0) is 33.4. The molecule has 0 saturated carbocycles. The van der Waals surface area contributed by atoms with Crippen LogP contribution in [0.3, 0.4) is 0 Å². The van der Waals surface area contributed by atoms with E-state index in [9.17, 15) is 9.59 Å². The SMILES string of the molecule is NC(=O)C(c1ccccc1)(c1ccccc1)C1CCN(CCCCCCN2CCC(C(C(N)=O)(c3ccccc3)c3ccccc3)C2)C1. The second kappa shape index (κ2) is 15.3. The number of carbonyl (C=O) groups excluding carboxylic acids is 2. The second-order valence-corrected chi connectivity index (χ2v) is 13.8. The molecule has 6 rings (SSSR count). The van der Waals surface area contributed by atoms with E-state index in [2.05, 4.69) is 58.3 Å². The highest BCUT2D eigenvalue weighted by Gasteiger charge is 2.50. The molecule has 0 radical (unpaired) electrons. The summed E-state index contributed by atoms with van der Waals surface area (Å²) in [4.78, 5) is 31.8. The van der Waals surface area contributed by atoms with Crippen LogP contribution in [0.1, 0.15) is 60.8 Å². The molecule has 2 unspecified atom stereocenters. The fraction of sp³-hybridized carbons (Fsp3) is 0.381. The van der Waals surface area contributed by atoms with Crippen LogP contribution in [0.15, 0.2) is 121 Å². The number of nitrogens with two attached hydrogens (primary N) is 2. The van der Waals surface area contributed by atoms with Crippen LogP contribution >= 0.6 is 0 Å². The Bertz CT molecular complexity index is 1410. The molecule has 4 N–H and O–H groups in total. The Morgan fingerprint density at radius 1 is 0.500 bits per heavy atom. The fourth-order valence-corrected chi connectivity index (χ4v) is 8.85. The van der Waals surface area contributed by atoms with Crippen LogP contribution in [0, 0.1) is 11.8 Å². The number of carbonyl (C=O) groups is 2. The van der Waals surface area contributed by atoms with Gasteiger partial charge in [-0.1, -0.05) is 134 Å². The average molecular weight is 643 g/mol. The third kappa shape index (κ3) is 6.56. The zero-order valence-electron chi connectivity index (χ0n) is 28.1. The molecule has 0 spiro atoms. The minimum absolute atomic E-state index is 0.127. The molecule has 250 valence electrons. The standard InChI is InChI=1S/C42H50N4O2/c43-39(47)41(33-17-7-3-8-18-33,34-19-9-4-10-20-34)37-25-29-45(31-37)27-15-1-2-16-28-46-30-26-38(32-46)42(40(44)48,35-21-11-5-12-22-35)36-23-13-6-14-24-36/h3-14,17-24,37-38H,1-2,15-16,25-32H2,(H2,43,47)(H2,44,48). The van der Waals surface area contributed by atoms with Crippen molar-refractivity contribution < 1.29 is 9.59 Å². The number of rotatable bonds is 15. The number of amides is 2. The van der Waals surface area contributed by atoms with Crippen molar-refractivity contribution in [2.24, 2.45) is 23.3 Å². The Morgan fingerprint density at radius 3 is 1.06 bits per heavy atom. The van der Waals surface area contributed by atoms with Crippen LogP contribution in [-0.2, 0) is 20.4 Å². The van der Waals surface area contributed by atoms with Crippen molar-refractivity contribution in [3.8, 4) is 0 Å². The van der Waals surface area contributed by atoms with Crippen LogP contribution in [-0.4, -0.2) is 60.9 Å². The maximum Gasteiger partial charge on any atom is 0.232 e. The smallest absolute Gasteiger partial charge is 0.232 e. The lowest BCUT2D eigenvalue weighted by molar-refractivity contribution is -0.124. The highest BCUT2D eigenvalue weighted by molar-refractivity contribution is 5.92. The van der Waals surface area contributed by atoms with Gasteiger partial charge in [-0.2, -0.15) is 0 Å². The first kappa shape index (κ1) is 33.6. The van der Waals surface area contributed by atoms with Crippen molar-refractivity contribution in [1.29, 1.82) is 0 Å². The molecule has 2 atom stereocenters. The summed E-state index contributed by atoms with van der Waals surface area (Å²) < 4.78 is 0. The minimum Gasteiger partial charge on any atom is -0.369 e. The minimum atomic E-state index is -0.835. The summed E-state index contributed by atoms with van der Waals surface area (Å²) >= 11 is 0. The van der Waals surface area contributed by atoms with Crippen molar-refractivity contribution in [2.75, 3.05) is 39.3 Å². The lowest BCUT2D eigenvalue weighted by atomic mass is 9.64. The largest absolute Gasteiger partial charge is 0.369 e. The topological polar surface area (TPSA) is 92.7 Å². The van der Waals surface area contributed by atoms with Gasteiger partial charge in [-0.25, -0.2) is 0 Å². The quantitative estimate of drug-likeness (QED) is 0.153. The molecule has 2 aliphatic heterocycles. The van der Waals surface area contributed by atoms with Crippen LogP contribution in [0.2, 0.25) is 0 Å². The lowest BCUT2D eigenvalue weighted by Gasteiger charge is -2.37. The Morgan fingerprint density at radius 2 is 0.792 bits per heavy atom. The molecule has 2 heterocycles. The van der Waals surface area contributed by atoms with Crippen LogP contribution < -0.4 is 11.5 Å². The van der Waals surface area contributed by atoms with Crippen molar-refractivity contribution in [1.82, 2.24) is 9.80 Å². The van der Waals surface area contributed by atoms with Crippen molar-refractivity contribution in [3.05, 3.63) is 144 Å². The first-order chi connectivity index (χ1) is 23.5. The Hall–Kier alpha value is -4.26. The number of likely N-dealkylation sites (tertiary alicyclic amines) is 2. The van der Waals surface area contributed by atoms with Gasteiger partial charge in [0.2, 0.25) is 11.8 Å². The predicted octanol–water partition coefficient (Wildman–Crippen LogP) is 6.13. The van der Waals surface area contributed by atoms with Gasteiger partial charge < -0.3 is 21.3 Å². The van der Waals surface area contributed by atoms with E-state index in [1.54, 1.807) is 0 Å². The van der Waals surface area contributed by atoms with E-state index in [4.69, 9.17) is 11.5 Å². The molecule has 2 fully saturated rings. The molecule has 2 amide bonds. The number of hydrogen-bond donors (Lipinski definition) is 2. The summed E-state index contributed by atoms with van der Waals surface area (Å²) in [7, 11) is 0. The van der Waals surface area contributed by atoms with Gasteiger partial charge in [-0.3, -0.25) is 9.59 Å². The van der Waals surface area contributed by atoms with E-state index in [1.807, 2.05) is 72.8 Å². The molecular formula is C42H50N4O2. The molecule has 48 heavy (non-hydrogen) atoms. The lowest BCUT2D eigenvalue weighted by Crippen LogP contribution is -2.49. The molecule has 6 heteroatoms. The van der Waals surface area contributed by atoms with Gasteiger partial charge in [-0.15, -0.1) is 0 Å². The van der Waals surface area contributed by atoms with E-state index in [0.29, 0.717) is 0 Å². The van der Waals surface area contributed by atoms with Crippen molar-refractivity contribution >= 4 is 11.8 Å². The summed E-state index contributed by atoms with van der Waals surface area (Å²) in [5.74, 6) is -0.280. The average Bonchev–Trinajstić information content (AvgIpc) is 3.79. The van der Waals surface area contributed by atoms with E-state index in [-0.39, 0.29) is 23.7 Å². The van der Waals surface area contributed by atoms with Crippen LogP contribution in [0.25, 0.3) is 0 Å². The van der Waals surface area contributed by atoms with Crippen molar-refractivity contribution in [3.63, 3.8) is 0 Å². The first-order valence-electron chi connectivity index (χ1n) is 17.7. The molecule has 4 aromatic rings. The number of nitrogens with zero attached hydrogens (tertiary/aromatic N) is 2. The van der Waals surface area contributed by atoms with Gasteiger partial charge in [0.25, 0.3) is 0 Å². The van der Waals surface area contributed by atoms with Gasteiger partial charge >= 0.3 is 0 Å². The Labute approximate surface area is 286 Å². The molecular weight excluding hydrogens is 592 g/mol. The Balaban J connectivity index is 1.01. The zero-order valence-corrected chi connectivity index (χ0v) is 28.1. The molecule has 2 saturated heterocycles. The maximum atomic E-state index is 13.4. The summed E-state index contributed by atoms with van der Waals surface area (Å²) in [5, 5.41) is 0. The van der Waals surface area contributed by atoms with E-state index >= 15 is 0 Å². The van der Waals surface area contributed by atoms with E-state index in [0.717, 1.165) is 87.2 Å². The molecule has 0 bridgehead atoms. The molecule has 6 nitrogen and oxygen atoms in total. The van der Waals surface area contributed by atoms with Gasteiger partial charge in [0, 0.05) is 13.1 Å². The monoisotopic (exact) mass is 642 g/mol. The highest BCUT2D eigenvalue weighted by Crippen LogP contribution is 2.45. The molecule has 4 aromatic carbocycles. The molecule has 2 aliphatic rings. The molecule has 0 aromatic heterocycles. The fourth-order valence-electron chi connectivity index (χ4n) is 8.85. The molecule has 0 aliphatic carbocycles. The van der Waals surface area contributed by atoms with Gasteiger partial charge in [0.1, 0.15) is 10.8 Å². The van der Waals surface area contributed by atoms with E-state index < -0.39 is 10.8 Å².